The average Bonchev–Trinajstić information content (AvgIpc) is 3.45. The normalized spacial score (nSPS) is 16.5. The van der Waals surface area contributed by atoms with Crippen molar-refractivity contribution in [3.05, 3.63) is 53.1 Å². The number of nitrogens with zero attached hydrogens (tertiary/aromatic N) is 3. The molecule has 2 heterocycles. The fourth-order valence-corrected chi connectivity index (χ4v) is 5.37. The minimum Gasteiger partial charge on any atom is -0.486 e. The molecule has 7 nitrogen and oxygen atoms in total. The Kier molecular flexibility index (Phi) is 6.21. The van der Waals surface area contributed by atoms with Crippen LogP contribution in [0.5, 0.6) is 11.5 Å². The van der Waals surface area contributed by atoms with E-state index in [1.807, 2.05) is 54.1 Å². The van der Waals surface area contributed by atoms with Gasteiger partial charge in [-0.25, -0.2) is 0 Å². The number of hydrogen-bond acceptors (Lipinski definition) is 6. The van der Waals surface area contributed by atoms with Gasteiger partial charge in [0.15, 0.2) is 22.5 Å². The lowest BCUT2D eigenvalue weighted by Gasteiger charge is -2.32. The first kappa shape index (κ1) is 22.1. The number of ether oxygens (including phenoxy) is 2. The van der Waals surface area contributed by atoms with Gasteiger partial charge in [-0.2, -0.15) is 0 Å². The van der Waals surface area contributed by atoms with Crippen LogP contribution in [0.1, 0.15) is 31.2 Å². The molecule has 9 heteroatoms. The molecule has 1 aliphatic carbocycles. The Balaban J connectivity index is 1.28. The highest BCUT2D eigenvalue weighted by molar-refractivity contribution is 7.99. The molecule has 33 heavy (non-hydrogen) atoms. The lowest BCUT2D eigenvalue weighted by atomic mass is 9.87. The molecule has 1 saturated carbocycles. The zero-order valence-electron chi connectivity index (χ0n) is 18.3. The van der Waals surface area contributed by atoms with Crippen LogP contribution in [-0.2, 0) is 17.4 Å². The lowest BCUT2D eigenvalue weighted by Crippen LogP contribution is -2.44. The van der Waals surface area contributed by atoms with E-state index in [0.717, 1.165) is 54.1 Å². The highest BCUT2D eigenvalue weighted by atomic mass is 35.5. The number of fused-ring (bicyclic) bond motifs is 1. The van der Waals surface area contributed by atoms with E-state index >= 15 is 0 Å². The maximum absolute atomic E-state index is 13.0. The summed E-state index contributed by atoms with van der Waals surface area (Å²) in [6, 6.07) is 13.5. The Morgan fingerprint density at radius 3 is 2.58 bits per heavy atom. The summed E-state index contributed by atoms with van der Waals surface area (Å²) in [5.41, 5.74) is 1.63. The number of nitrogens with one attached hydrogen (secondary N) is 1. The smallest absolute Gasteiger partial charge is 0.231 e. The Morgan fingerprint density at radius 2 is 1.82 bits per heavy atom. The lowest BCUT2D eigenvalue weighted by molar-refractivity contribution is -0.120. The molecule has 0 bridgehead atoms. The maximum atomic E-state index is 13.0. The summed E-state index contributed by atoms with van der Waals surface area (Å²) in [4.78, 5) is 13.0. The molecule has 1 aromatic heterocycles. The summed E-state index contributed by atoms with van der Waals surface area (Å²) in [6.07, 6.45) is 3.98. The molecule has 1 N–H and O–H groups in total. The predicted molar refractivity (Wildman–Crippen MR) is 128 cm³/mol. The van der Waals surface area contributed by atoms with Crippen LogP contribution < -0.4 is 14.8 Å². The fourth-order valence-electron chi connectivity index (χ4n) is 4.53. The Bertz CT molecular complexity index is 1160. The monoisotopic (exact) mass is 484 g/mol. The van der Waals surface area contributed by atoms with Crippen molar-refractivity contribution in [3.8, 4) is 22.9 Å². The maximum Gasteiger partial charge on any atom is 0.231 e. The van der Waals surface area contributed by atoms with Crippen molar-refractivity contribution in [1.82, 2.24) is 20.1 Å². The Morgan fingerprint density at radius 1 is 1.09 bits per heavy atom. The van der Waals surface area contributed by atoms with Gasteiger partial charge in [-0.3, -0.25) is 4.79 Å². The average molecular weight is 485 g/mol. The molecule has 0 saturated heterocycles. The number of amides is 1. The molecule has 2 aliphatic rings. The number of hydrogen-bond donors (Lipinski definition) is 1. The molecule has 1 aliphatic heterocycles. The number of benzene rings is 2. The second kappa shape index (κ2) is 9.27. The molecule has 172 valence electrons. The topological polar surface area (TPSA) is 78.3 Å². The summed E-state index contributed by atoms with van der Waals surface area (Å²) in [5.74, 6) is 2.49. The van der Waals surface area contributed by atoms with Crippen molar-refractivity contribution in [2.75, 3.05) is 19.0 Å². The van der Waals surface area contributed by atoms with E-state index < -0.39 is 0 Å². The standard InChI is InChI=1S/C24H25ClN4O3S/c1-29-22(16-4-7-18(25)8-5-16)27-28-23(29)33-15-21(30)26-24(10-2-3-11-24)17-6-9-19-20(14-17)32-13-12-31-19/h4-9,14H,2-3,10-13,15H2,1H3,(H,26,30). The molecule has 1 amide bonds. The van der Waals surface area contributed by atoms with Gasteiger partial charge in [-0.05, 0) is 54.8 Å². The van der Waals surface area contributed by atoms with Crippen LogP contribution >= 0.6 is 23.4 Å². The van der Waals surface area contributed by atoms with E-state index in [9.17, 15) is 4.79 Å². The fraction of sp³-hybridized carbons (Fsp3) is 0.375. The number of thioether (sulfide) groups is 1. The summed E-state index contributed by atoms with van der Waals surface area (Å²) in [5, 5.41) is 13.2. The zero-order valence-corrected chi connectivity index (χ0v) is 19.9. The van der Waals surface area contributed by atoms with Gasteiger partial charge in [0.25, 0.3) is 0 Å². The van der Waals surface area contributed by atoms with Crippen LogP contribution in [0.2, 0.25) is 5.02 Å². The third-order valence-corrected chi connectivity index (χ3v) is 7.47. The molecule has 0 unspecified atom stereocenters. The molecule has 5 rings (SSSR count). The van der Waals surface area contributed by atoms with Crippen LogP contribution in [0.4, 0.5) is 0 Å². The van der Waals surface area contributed by atoms with Crippen LogP contribution in [0.15, 0.2) is 47.6 Å². The number of rotatable bonds is 6. The number of carbonyl (C=O) groups excluding carboxylic acids is 1. The Hall–Kier alpha value is -2.71. The van der Waals surface area contributed by atoms with E-state index in [-0.39, 0.29) is 17.2 Å². The van der Waals surface area contributed by atoms with E-state index in [0.29, 0.717) is 23.4 Å². The van der Waals surface area contributed by atoms with Gasteiger partial charge in [0.05, 0.1) is 11.3 Å². The third-order valence-electron chi connectivity index (χ3n) is 6.20. The van der Waals surface area contributed by atoms with Gasteiger partial charge >= 0.3 is 0 Å². The second-order valence-corrected chi connectivity index (χ2v) is 9.74. The minimum absolute atomic E-state index is 0.0205. The van der Waals surface area contributed by atoms with E-state index in [4.69, 9.17) is 21.1 Å². The van der Waals surface area contributed by atoms with Gasteiger partial charge in [0.1, 0.15) is 13.2 Å². The molecule has 2 aromatic carbocycles. The number of carbonyl (C=O) groups is 1. The summed E-state index contributed by atoms with van der Waals surface area (Å²) in [6.45, 7) is 1.11. The van der Waals surface area contributed by atoms with Gasteiger partial charge in [-0.1, -0.05) is 42.3 Å². The van der Waals surface area contributed by atoms with Gasteiger partial charge in [0, 0.05) is 17.6 Å². The molecule has 0 atom stereocenters. The van der Waals surface area contributed by atoms with E-state index in [1.165, 1.54) is 11.8 Å². The molecule has 0 spiro atoms. The van der Waals surface area contributed by atoms with E-state index in [2.05, 4.69) is 15.5 Å². The van der Waals surface area contributed by atoms with Crippen LogP contribution in [0, 0.1) is 0 Å². The van der Waals surface area contributed by atoms with Crippen molar-refractivity contribution < 1.29 is 14.3 Å². The van der Waals surface area contributed by atoms with E-state index in [1.54, 1.807) is 0 Å². The minimum atomic E-state index is -0.373. The summed E-state index contributed by atoms with van der Waals surface area (Å²) in [7, 11) is 1.90. The van der Waals surface area contributed by atoms with Gasteiger partial charge in [-0.15, -0.1) is 10.2 Å². The van der Waals surface area contributed by atoms with Crippen molar-refractivity contribution in [2.24, 2.45) is 7.05 Å². The molecule has 0 radical (unpaired) electrons. The Labute approximate surface area is 201 Å². The number of halogens is 1. The van der Waals surface area contributed by atoms with Crippen LogP contribution in [0.3, 0.4) is 0 Å². The third kappa shape index (κ3) is 4.54. The van der Waals surface area contributed by atoms with Crippen LogP contribution in [0.25, 0.3) is 11.4 Å². The van der Waals surface area contributed by atoms with Crippen molar-refractivity contribution >= 4 is 29.3 Å². The molecular formula is C24H25ClN4O3S. The SMILES string of the molecule is Cn1c(SCC(=O)NC2(c3ccc4c(c3)OCCO4)CCCC2)nnc1-c1ccc(Cl)cc1. The molecule has 1 fully saturated rings. The first-order valence-electron chi connectivity index (χ1n) is 11.0. The van der Waals surface area contributed by atoms with Crippen molar-refractivity contribution in [2.45, 2.75) is 36.4 Å². The largest absolute Gasteiger partial charge is 0.486 e. The highest BCUT2D eigenvalue weighted by Crippen LogP contribution is 2.42. The van der Waals surface area contributed by atoms with Crippen molar-refractivity contribution in [3.63, 3.8) is 0 Å². The highest BCUT2D eigenvalue weighted by Gasteiger charge is 2.38. The predicted octanol–water partition coefficient (Wildman–Crippen LogP) is 4.58. The summed E-state index contributed by atoms with van der Waals surface area (Å²) < 4.78 is 13.3. The molecular weight excluding hydrogens is 460 g/mol. The quantitative estimate of drug-likeness (QED) is 0.516. The summed E-state index contributed by atoms with van der Waals surface area (Å²) >= 11 is 7.36. The van der Waals surface area contributed by atoms with Crippen LogP contribution in [-0.4, -0.2) is 39.6 Å². The first-order valence-corrected chi connectivity index (χ1v) is 12.4. The van der Waals surface area contributed by atoms with Gasteiger partial charge in [0.2, 0.25) is 5.91 Å². The first-order chi connectivity index (χ1) is 16.0. The van der Waals surface area contributed by atoms with Gasteiger partial charge < -0.3 is 19.4 Å². The zero-order chi connectivity index (χ0) is 22.8. The molecule has 3 aromatic rings. The second-order valence-electron chi connectivity index (χ2n) is 8.36. The number of aromatic nitrogens is 3. The van der Waals surface area contributed by atoms with Crippen molar-refractivity contribution in [1.29, 1.82) is 0 Å².